The summed E-state index contributed by atoms with van der Waals surface area (Å²) in [5.74, 6) is -1.05. The van der Waals surface area contributed by atoms with Gasteiger partial charge in [0.2, 0.25) is 10.0 Å². The number of nitrogens with one attached hydrogen (secondary N) is 1. The molecule has 0 unspecified atom stereocenters. The Kier molecular flexibility index (Phi) is 5.11. The van der Waals surface area contributed by atoms with Crippen molar-refractivity contribution in [3.05, 3.63) is 35.9 Å². The van der Waals surface area contributed by atoms with Crippen LogP contribution in [0.1, 0.15) is 12.0 Å². The topological polar surface area (TPSA) is 83.5 Å². The van der Waals surface area contributed by atoms with Crippen molar-refractivity contribution >= 4 is 16.0 Å². The number of carboxylic acids is 1. The lowest BCUT2D eigenvalue weighted by Crippen LogP contribution is -2.29. The highest BCUT2D eigenvalue weighted by Crippen LogP contribution is 2.01. The van der Waals surface area contributed by atoms with E-state index in [2.05, 4.69) is 4.72 Å². The molecule has 0 saturated carbocycles. The van der Waals surface area contributed by atoms with E-state index in [4.69, 9.17) is 5.11 Å². The molecule has 0 amide bonds. The number of sulfonamides is 1. The van der Waals surface area contributed by atoms with E-state index < -0.39 is 16.0 Å². The van der Waals surface area contributed by atoms with E-state index in [1.165, 1.54) is 0 Å². The largest absolute Gasteiger partial charge is 0.481 e. The molecule has 6 heteroatoms. The lowest BCUT2D eigenvalue weighted by atomic mass is 10.2. The Morgan fingerprint density at radius 2 is 1.88 bits per heavy atom. The summed E-state index contributed by atoms with van der Waals surface area (Å²) in [6.07, 6.45) is 0.216. The first-order valence-corrected chi connectivity index (χ1v) is 6.88. The molecule has 2 N–H and O–H groups in total. The number of aryl methyl sites for hydroxylation is 1. The molecule has 0 aliphatic heterocycles. The minimum absolute atomic E-state index is 0.0311. The second kappa shape index (κ2) is 6.36. The standard InChI is InChI=1S/C11H15NO4S/c13-11(14)6-8-12-17(15,16)9-7-10-4-2-1-3-5-10/h1-5,12H,6-9H2,(H,13,14). The first-order chi connectivity index (χ1) is 7.99. The maximum atomic E-state index is 11.5. The fourth-order valence-corrected chi connectivity index (χ4v) is 2.34. The molecular weight excluding hydrogens is 242 g/mol. The van der Waals surface area contributed by atoms with Crippen molar-refractivity contribution < 1.29 is 18.3 Å². The van der Waals surface area contributed by atoms with E-state index in [1.54, 1.807) is 0 Å². The van der Waals surface area contributed by atoms with E-state index >= 15 is 0 Å². The van der Waals surface area contributed by atoms with Crippen molar-refractivity contribution in [2.75, 3.05) is 12.3 Å². The third kappa shape index (κ3) is 6.03. The predicted octanol–water partition coefficient (Wildman–Crippen LogP) is 0.623. The van der Waals surface area contributed by atoms with Crippen LogP contribution in [-0.4, -0.2) is 31.8 Å². The van der Waals surface area contributed by atoms with Crippen molar-refractivity contribution in [2.45, 2.75) is 12.8 Å². The van der Waals surface area contributed by atoms with Gasteiger partial charge in [0, 0.05) is 6.54 Å². The summed E-state index contributed by atoms with van der Waals surface area (Å²) in [6.45, 7) is -0.0630. The van der Waals surface area contributed by atoms with Crippen molar-refractivity contribution in [3.63, 3.8) is 0 Å². The summed E-state index contributed by atoms with van der Waals surface area (Å²) >= 11 is 0. The number of hydrogen-bond acceptors (Lipinski definition) is 3. The molecule has 0 spiro atoms. The van der Waals surface area contributed by atoms with Crippen LogP contribution < -0.4 is 4.72 Å². The van der Waals surface area contributed by atoms with Gasteiger partial charge in [-0.2, -0.15) is 0 Å². The van der Waals surface area contributed by atoms with Crippen LogP contribution in [0.3, 0.4) is 0 Å². The molecule has 1 aromatic rings. The predicted molar refractivity (Wildman–Crippen MR) is 64.2 cm³/mol. The van der Waals surface area contributed by atoms with Crippen LogP contribution in [0.15, 0.2) is 30.3 Å². The number of benzene rings is 1. The second-order valence-electron chi connectivity index (χ2n) is 3.59. The van der Waals surface area contributed by atoms with Gasteiger partial charge < -0.3 is 5.11 Å². The third-order valence-corrected chi connectivity index (χ3v) is 3.55. The molecule has 0 aliphatic carbocycles. The number of carbonyl (C=O) groups is 1. The Morgan fingerprint density at radius 1 is 1.24 bits per heavy atom. The lowest BCUT2D eigenvalue weighted by Gasteiger charge is -2.05. The maximum Gasteiger partial charge on any atom is 0.304 e. The Morgan fingerprint density at radius 3 is 2.47 bits per heavy atom. The van der Waals surface area contributed by atoms with Crippen LogP contribution in [0.4, 0.5) is 0 Å². The molecule has 94 valence electrons. The van der Waals surface area contributed by atoms with Gasteiger partial charge in [-0.1, -0.05) is 30.3 Å². The molecule has 0 heterocycles. The highest BCUT2D eigenvalue weighted by molar-refractivity contribution is 7.89. The van der Waals surface area contributed by atoms with Gasteiger partial charge in [0.15, 0.2) is 0 Å². The molecule has 0 saturated heterocycles. The molecule has 0 atom stereocenters. The summed E-state index contributed by atoms with van der Waals surface area (Å²) in [5.41, 5.74) is 0.941. The minimum Gasteiger partial charge on any atom is -0.481 e. The van der Waals surface area contributed by atoms with E-state index in [-0.39, 0.29) is 18.7 Å². The van der Waals surface area contributed by atoms with Crippen molar-refractivity contribution in [1.82, 2.24) is 4.72 Å². The Hall–Kier alpha value is -1.40. The van der Waals surface area contributed by atoms with Crippen LogP contribution in [0, 0.1) is 0 Å². The summed E-state index contributed by atoms with van der Waals surface area (Å²) in [7, 11) is -3.39. The Bertz CT molecular complexity index is 456. The molecular formula is C11H15NO4S. The summed E-state index contributed by atoms with van der Waals surface area (Å²) in [5, 5.41) is 8.38. The average molecular weight is 257 g/mol. The molecule has 5 nitrogen and oxygen atoms in total. The fourth-order valence-electron chi connectivity index (χ4n) is 1.28. The second-order valence-corrected chi connectivity index (χ2v) is 5.52. The average Bonchev–Trinajstić information content (AvgIpc) is 2.27. The van der Waals surface area contributed by atoms with Crippen LogP contribution in [0.2, 0.25) is 0 Å². The van der Waals surface area contributed by atoms with Crippen LogP contribution >= 0.6 is 0 Å². The maximum absolute atomic E-state index is 11.5. The van der Waals surface area contributed by atoms with Gasteiger partial charge in [-0.25, -0.2) is 13.1 Å². The van der Waals surface area contributed by atoms with Crippen LogP contribution in [0.25, 0.3) is 0 Å². The molecule has 0 aromatic heterocycles. The van der Waals surface area contributed by atoms with E-state index in [0.717, 1.165) is 5.56 Å². The molecule has 1 aromatic carbocycles. The molecule has 0 radical (unpaired) electrons. The zero-order chi connectivity index (χ0) is 12.7. The molecule has 0 aliphatic rings. The molecule has 1 rings (SSSR count). The van der Waals surface area contributed by atoms with Crippen molar-refractivity contribution in [1.29, 1.82) is 0 Å². The molecule has 0 bridgehead atoms. The number of carboxylic acid groups (broad SMARTS) is 1. The first-order valence-electron chi connectivity index (χ1n) is 5.23. The van der Waals surface area contributed by atoms with Crippen LogP contribution in [0.5, 0.6) is 0 Å². The molecule has 0 fully saturated rings. The van der Waals surface area contributed by atoms with Crippen LogP contribution in [-0.2, 0) is 21.2 Å². The summed E-state index contributed by atoms with van der Waals surface area (Å²) in [4.78, 5) is 10.2. The lowest BCUT2D eigenvalue weighted by molar-refractivity contribution is -0.136. The monoisotopic (exact) mass is 257 g/mol. The number of hydrogen-bond donors (Lipinski definition) is 2. The van der Waals surface area contributed by atoms with Gasteiger partial charge in [-0.05, 0) is 12.0 Å². The van der Waals surface area contributed by atoms with Crippen molar-refractivity contribution in [3.8, 4) is 0 Å². The van der Waals surface area contributed by atoms with E-state index in [1.807, 2.05) is 30.3 Å². The Labute approximate surface area is 101 Å². The zero-order valence-corrected chi connectivity index (χ0v) is 10.1. The quantitative estimate of drug-likeness (QED) is 0.750. The SMILES string of the molecule is O=C(O)CCNS(=O)(=O)CCc1ccccc1. The fraction of sp³-hybridized carbons (Fsp3) is 0.364. The van der Waals surface area contributed by atoms with Gasteiger partial charge in [-0.15, -0.1) is 0 Å². The van der Waals surface area contributed by atoms with Crippen molar-refractivity contribution in [2.24, 2.45) is 0 Å². The van der Waals surface area contributed by atoms with E-state index in [0.29, 0.717) is 6.42 Å². The van der Waals surface area contributed by atoms with Gasteiger partial charge >= 0.3 is 5.97 Å². The summed E-state index contributed by atoms with van der Waals surface area (Å²) in [6, 6.07) is 9.27. The third-order valence-electron chi connectivity index (χ3n) is 2.16. The first kappa shape index (κ1) is 13.7. The highest BCUT2D eigenvalue weighted by Gasteiger charge is 2.10. The Balaban J connectivity index is 2.37. The number of aliphatic carboxylic acids is 1. The summed E-state index contributed by atoms with van der Waals surface area (Å²) < 4.78 is 25.2. The number of rotatable bonds is 7. The zero-order valence-electron chi connectivity index (χ0n) is 9.30. The van der Waals surface area contributed by atoms with Gasteiger partial charge in [-0.3, -0.25) is 4.79 Å². The normalized spacial score (nSPS) is 11.3. The minimum atomic E-state index is -3.39. The smallest absolute Gasteiger partial charge is 0.304 e. The molecule has 17 heavy (non-hydrogen) atoms. The van der Waals surface area contributed by atoms with Gasteiger partial charge in [0.1, 0.15) is 0 Å². The van der Waals surface area contributed by atoms with Gasteiger partial charge in [0.25, 0.3) is 0 Å². The highest BCUT2D eigenvalue weighted by atomic mass is 32.2. The van der Waals surface area contributed by atoms with E-state index in [9.17, 15) is 13.2 Å². The van der Waals surface area contributed by atoms with Gasteiger partial charge in [0.05, 0.1) is 12.2 Å².